The van der Waals surface area contributed by atoms with E-state index >= 15 is 0 Å². The molecule has 3 rings (SSSR count). The van der Waals surface area contributed by atoms with E-state index in [0.29, 0.717) is 25.3 Å². The minimum absolute atomic E-state index is 0.0408. The Hall–Kier alpha value is -2.35. The van der Waals surface area contributed by atoms with E-state index in [1.165, 1.54) is 0 Å². The average molecular weight is 405 g/mol. The molecule has 29 heavy (non-hydrogen) atoms. The maximum absolute atomic E-state index is 13.1. The molecule has 8 nitrogen and oxygen atoms in total. The second kappa shape index (κ2) is 7.82. The lowest BCUT2D eigenvalue weighted by Crippen LogP contribution is -2.54. The fourth-order valence-electron chi connectivity index (χ4n) is 5.08. The van der Waals surface area contributed by atoms with Crippen molar-refractivity contribution in [3.63, 3.8) is 0 Å². The van der Waals surface area contributed by atoms with Crippen molar-refractivity contribution in [2.75, 3.05) is 27.2 Å². The van der Waals surface area contributed by atoms with Crippen LogP contribution in [0.1, 0.15) is 51.8 Å². The maximum atomic E-state index is 13.1. The molecular formula is C21H32N4O4. The number of urea groups is 1. The van der Waals surface area contributed by atoms with Gasteiger partial charge in [0.25, 0.3) is 5.91 Å². The molecule has 1 aliphatic carbocycles. The van der Waals surface area contributed by atoms with Gasteiger partial charge in [-0.05, 0) is 56.8 Å². The molecule has 2 N–H and O–H groups in total. The lowest BCUT2D eigenvalue weighted by molar-refractivity contribution is -0.137. The molecule has 4 amide bonds. The fourth-order valence-corrected chi connectivity index (χ4v) is 5.08. The van der Waals surface area contributed by atoms with Crippen LogP contribution in [-0.2, 0) is 9.59 Å². The molecule has 0 bridgehead atoms. The third-order valence-electron chi connectivity index (χ3n) is 5.91. The summed E-state index contributed by atoms with van der Waals surface area (Å²) in [4.78, 5) is 41.2. The number of carbonyl (C=O) groups is 3. The van der Waals surface area contributed by atoms with Crippen LogP contribution in [0.3, 0.4) is 0 Å². The molecule has 0 aromatic carbocycles. The first-order chi connectivity index (χ1) is 13.5. The third-order valence-corrected chi connectivity index (χ3v) is 5.91. The highest BCUT2D eigenvalue weighted by Gasteiger charge is 2.56. The van der Waals surface area contributed by atoms with Crippen LogP contribution in [0, 0.1) is 11.3 Å². The highest BCUT2D eigenvalue weighted by atomic mass is 16.3. The molecule has 3 atom stereocenters. The second-order valence-corrected chi connectivity index (χ2v) is 9.56. The van der Waals surface area contributed by atoms with Crippen LogP contribution in [0.25, 0.3) is 0 Å². The van der Waals surface area contributed by atoms with Gasteiger partial charge in [0, 0.05) is 6.54 Å². The van der Waals surface area contributed by atoms with Crippen molar-refractivity contribution < 1.29 is 18.8 Å². The molecule has 1 aromatic heterocycles. The van der Waals surface area contributed by atoms with Crippen LogP contribution >= 0.6 is 0 Å². The number of imide groups is 1. The average Bonchev–Trinajstić information content (AvgIpc) is 3.17. The van der Waals surface area contributed by atoms with Crippen LogP contribution in [0.15, 0.2) is 22.8 Å². The monoisotopic (exact) mass is 404 g/mol. The van der Waals surface area contributed by atoms with Crippen LogP contribution < -0.4 is 10.6 Å². The van der Waals surface area contributed by atoms with Crippen molar-refractivity contribution in [1.82, 2.24) is 20.4 Å². The number of nitrogens with one attached hydrogen (secondary N) is 2. The largest absolute Gasteiger partial charge is 0.468 e. The van der Waals surface area contributed by atoms with Gasteiger partial charge in [-0.1, -0.05) is 20.8 Å². The van der Waals surface area contributed by atoms with E-state index in [1.807, 2.05) is 25.1 Å². The number of rotatable bonds is 6. The van der Waals surface area contributed by atoms with E-state index in [2.05, 4.69) is 31.4 Å². The molecule has 1 saturated heterocycles. The summed E-state index contributed by atoms with van der Waals surface area (Å²) >= 11 is 0. The number of likely N-dealkylation sites (N-methyl/N-ethyl adjacent to an activating group) is 1. The molecule has 1 aliphatic heterocycles. The molecule has 2 fully saturated rings. The smallest absolute Gasteiger partial charge is 0.325 e. The number of hydrogen-bond acceptors (Lipinski definition) is 5. The Morgan fingerprint density at radius 2 is 2.10 bits per heavy atom. The number of hydrogen-bond donors (Lipinski definition) is 2. The van der Waals surface area contributed by atoms with Gasteiger partial charge in [0.15, 0.2) is 0 Å². The number of furan rings is 1. The minimum atomic E-state index is -0.890. The van der Waals surface area contributed by atoms with E-state index in [9.17, 15) is 14.4 Å². The Bertz CT molecular complexity index is 774. The predicted molar refractivity (Wildman–Crippen MR) is 108 cm³/mol. The van der Waals surface area contributed by atoms with Crippen LogP contribution in [0.4, 0.5) is 4.79 Å². The van der Waals surface area contributed by atoms with Gasteiger partial charge in [-0.15, -0.1) is 0 Å². The Morgan fingerprint density at radius 1 is 1.38 bits per heavy atom. The molecule has 1 saturated carbocycles. The third kappa shape index (κ3) is 4.47. The first-order valence-corrected chi connectivity index (χ1v) is 10.1. The van der Waals surface area contributed by atoms with Crippen molar-refractivity contribution in [1.29, 1.82) is 0 Å². The first kappa shape index (κ1) is 21.4. The summed E-state index contributed by atoms with van der Waals surface area (Å²) in [7, 11) is 3.79. The van der Waals surface area contributed by atoms with Gasteiger partial charge in [0.2, 0.25) is 5.91 Å². The van der Waals surface area contributed by atoms with Crippen molar-refractivity contribution >= 4 is 17.8 Å². The Balaban J connectivity index is 1.63. The molecule has 8 heteroatoms. The molecule has 0 unspecified atom stereocenters. The highest BCUT2D eigenvalue weighted by Crippen LogP contribution is 2.46. The van der Waals surface area contributed by atoms with Crippen molar-refractivity contribution in [2.45, 2.75) is 51.6 Å². The van der Waals surface area contributed by atoms with E-state index in [4.69, 9.17) is 4.42 Å². The Kier molecular flexibility index (Phi) is 5.76. The zero-order chi connectivity index (χ0) is 21.4. The summed E-state index contributed by atoms with van der Waals surface area (Å²) in [5.41, 5.74) is -0.931. The minimum Gasteiger partial charge on any atom is -0.468 e. The Labute approximate surface area is 172 Å². The number of amides is 4. The molecule has 2 heterocycles. The van der Waals surface area contributed by atoms with Crippen molar-refractivity contribution in [2.24, 2.45) is 11.3 Å². The maximum Gasteiger partial charge on any atom is 0.325 e. The lowest BCUT2D eigenvalue weighted by atomic mass is 9.64. The molecule has 1 aromatic rings. The molecule has 0 radical (unpaired) electrons. The summed E-state index contributed by atoms with van der Waals surface area (Å²) in [5, 5.41) is 5.72. The number of carbonyl (C=O) groups excluding carboxylic acids is 3. The number of nitrogens with zero attached hydrogens (tertiary/aromatic N) is 2. The van der Waals surface area contributed by atoms with Crippen molar-refractivity contribution in [3.05, 3.63) is 24.2 Å². The zero-order valence-corrected chi connectivity index (χ0v) is 17.9. The van der Waals surface area contributed by atoms with E-state index in [0.717, 1.165) is 17.1 Å². The summed E-state index contributed by atoms with van der Waals surface area (Å²) in [5.74, 6) is 0.410. The molecule has 160 valence electrons. The molecule has 1 spiro atoms. The summed E-state index contributed by atoms with van der Waals surface area (Å²) < 4.78 is 5.44. The van der Waals surface area contributed by atoms with Crippen LogP contribution in [0.2, 0.25) is 0 Å². The van der Waals surface area contributed by atoms with Gasteiger partial charge in [-0.25, -0.2) is 4.79 Å². The SMILES string of the molecule is C[C@@H]1CC(C)(C)C[C@@]2(C1)NC(=O)N(CC(=O)NC[C@H](c1ccco1)N(C)C)C2=O. The van der Waals surface area contributed by atoms with Crippen molar-refractivity contribution in [3.8, 4) is 0 Å². The summed E-state index contributed by atoms with van der Waals surface area (Å²) in [6.07, 6.45) is 3.80. The summed E-state index contributed by atoms with van der Waals surface area (Å²) in [6.45, 7) is 6.38. The standard InChI is InChI=1S/C21H32N4O4/c1-14-9-20(2,3)13-21(10-14)18(27)25(19(28)23-21)12-17(26)22-11-15(24(4)5)16-7-6-8-29-16/h6-8,14-15H,9-13H2,1-5H3,(H,22,26)(H,23,28)/t14-,15-,21-/m1/s1. The summed E-state index contributed by atoms with van der Waals surface area (Å²) in [6, 6.07) is 3.03. The van der Waals surface area contributed by atoms with Crippen LogP contribution in [-0.4, -0.2) is 60.4 Å². The fraction of sp³-hybridized carbons (Fsp3) is 0.667. The van der Waals surface area contributed by atoms with E-state index in [-0.39, 0.29) is 29.8 Å². The van der Waals surface area contributed by atoms with E-state index in [1.54, 1.807) is 12.3 Å². The zero-order valence-electron chi connectivity index (χ0n) is 17.9. The first-order valence-electron chi connectivity index (χ1n) is 10.1. The second-order valence-electron chi connectivity index (χ2n) is 9.56. The highest BCUT2D eigenvalue weighted by molar-refractivity contribution is 6.09. The van der Waals surface area contributed by atoms with E-state index < -0.39 is 11.6 Å². The van der Waals surface area contributed by atoms with Crippen LogP contribution in [0.5, 0.6) is 0 Å². The molecule has 2 aliphatic rings. The normalized spacial score (nSPS) is 27.4. The Morgan fingerprint density at radius 3 is 2.69 bits per heavy atom. The van der Waals surface area contributed by atoms with Gasteiger partial charge >= 0.3 is 6.03 Å². The van der Waals surface area contributed by atoms with Gasteiger partial charge < -0.3 is 15.1 Å². The lowest BCUT2D eigenvalue weighted by Gasteiger charge is -2.43. The van der Waals surface area contributed by atoms with Gasteiger partial charge in [0.1, 0.15) is 17.8 Å². The van der Waals surface area contributed by atoms with Gasteiger partial charge in [-0.2, -0.15) is 0 Å². The predicted octanol–water partition coefficient (Wildman–Crippen LogP) is 2.14. The quantitative estimate of drug-likeness (QED) is 0.709. The molecular weight excluding hydrogens is 372 g/mol. The van der Waals surface area contributed by atoms with Gasteiger partial charge in [-0.3, -0.25) is 19.4 Å². The topological polar surface area (TPSA) is 94.9 Å². The van der Waals surface area contributed by atoms with Gasteiger partial charge in [0.05, 0.1) is 12.3 Å².